The van der Waals surface area contributed by atoms with Crippen LogP contribution in [0.5, 0.6) is 0 Å². The zero-order chi connectivity index (χ0) is 15.1. The van der Waals surface area contributed by atoms with Crippen LogP contribution in [0.15, 0.2) is 71.7 Å². The smallest absolute Gasteiger partial charge is 0.184 e. The molecule has 104 valence electrons. The molecule has 1 nitrogen and oxygen atoms in total. The molecule has 2 rings (SSSR count). The first-order chi connectivity index (χ1) is 10.2. The standard InChI is InChI=1S/C19H16ClN/c1-3-19(20)21-18(17-12-8-5-9-13-17)14-15(2)16-10-6-4-7-11-16/h1,4-14,19H,2H3/b15-14+,21-18+. The number of halogens is 1. The zero-order valence-electron chi connectivity index (χ0n) is 11.8. The minimum atomic E-state index is -0.667. The lowest BCUT2D eigenvalue weighted by atomic mass is 10.0. The largest absolute Gasteiger partial charge is 0.252 e. The highest BCUT2D eigenvalue weighted by atomic mass is 35.5. The second kappa shape index (κ2) is 7.47. The van der Waals surface area contributed by atoms with Crippen LogP contribution in [0, 0.1) is 12.3 Å². The molecule has 0 aliphatic carbocycles. The summed E-state index contributed by atoms with van der Waals surface area (Å²) in [6, 6.07) is 20.0. The molecule has 2 aromatic rings. The van der Waals surface area contributed by atoms with Gasteiger partial charge in [-0.25, -0.2) is 0 Å². The van der Waals surface area contributed by atoms with E-state index in [9.17, 15) is 0 Å². The fraction of sp³-hybridized carbons (Fsp3) is 0.105. The third-order valence-corrected chi connectivity index (χ3v) is 3.27. The van der Waals surface area contributed by atoms with Crippen molar-refractivity contribution in [1.82, 2.24) is 0 Å². The van der Waals surface area contributed by atoms with Gasteiger partial charge in [-0.05, 0) is 29.7 Å². The molecule has 2 aromatic carbocycles. The van der Waals surface area contributed by atoms with Crippen LogP contribution >= 0.6 is 11.6 Å². The molecule has 0 spiro atoms. The predicted molar refractivity (Wildman–Crippen MR) is 91.5 cm³/mol. The number of alkyl halides is 1. The Kier molecular flexibility index (Phi) is 5.37. The van der Waals surface area contributed by atoms with E-state index in [0.29, 0.717) is 0 Å². The maximum Gasteiger partial charge on any atom is 0.184 e. The third-order valence-electron chi connectivity index (χ3n) is 3.04. The van der Waals surface area contributed by atoms with Gasteiger partial charge in [-0.1, -0.05) is 78.2 Å². The van der Waals surface area contributed by atoms with E-state index in [0.717, 1.165) is 22.4 Å². The first-order valence-electron chi connectivity index (χ1n) is 6.68. The van der Waals surface area contributed by atoms with Gasteiger partial charge in [0, 0.05) is 0 Å². The molecule has 0 fully saturated rings. The lowest BCUT2D eigenvalue weighted by Crippen LogP contribution is -2.02. The Balaban J connectivity index is 2.42. The molecule has 0 aliphatic rings. The summed E-state index contributed by atoms with van der Waals surface area (Å²) in [5, 5.41) is 0. The van der Waals surface area contributed by atoms with Gasteiger partial charge in [-0.3, -0.25) is 4.99 Å². The Hall–Kier alpha value is -2.30. The summed E-state index contributed by atoms with van der Waals surface area (Å²) in [6.07, 6.45) is 7.34. The summed E-state index contributed by atoms with van der Waals surface area (Å²) in [5.74, 6) is 2.43. The predicted octanol–water partition coefficient (Wildman–Crippen LogP) is 4.78. The van der Waals surface area contributed by atoms with Crippen LogP contribution in [-0.2, 0) is 0 Å². The first kappa shape index (κ1) is 15.1. The summed E-state index contributed by atoms with van der Waals surface area (Å²) in [4.78, 5) is 4.40. The second-order valence-corrected chi connectivity index (χ2v) is 4.99. The van der Waals surface area contributed by atoms with E-state index < -0.39 is 5.50 Å². The number of hydrogen-bond donors (Lipinski definition) is 0. The van der Waals surface area contributed by atoms with E-state index in [-0.39, 0.29) is 0 Å². The topological polar surface area (TPSA) is 12.4 Å². The molecule has 2 heteroatoms. The van der Waals surface area contributed by atoms with E-state index in [4.69, 9.17) is 18.0 Å². The molecule has 0 heterocycles. The van der Waals surface area contributed by atoms with Crippen LogP contribution in [0.1, 0.15) is 18.1 Å². The molecule has 0 aromatic heterocycles. The van der Waals surface area contributed by atoms with Crippen LogP contribution in [0.25, 0.3) is 5.57 Å². The monoisotopic (exact) mass is 293 g/mol. The van der Waals surface area contributed by atoms with Crippen LogP contribution in [0.4, 0.5) is 0 Å². The molecule has 21 heavy (non-hydrogen) atoms. The van der Waals surface area contributed by atoms with Crippen molar-refractivity contribution in [3.05, 3.63) is 77.9 Å². The molecule has 1 atom stereocenters. The molecule has 0 amide bonds. The van der Waals surface area contributed by atoms with Crippen LogP contribution in [0.2, 0.25) is 0 Å². The average molecular weight is 294 g/mol. The number of terminal acetylenes is 1. The minimum absolute atomic E-state index is 0.667. The lowest BCUT2D eigenvalue weighted by molar-refractivity contribution is 1.18. The third kappa shape index (κ3) is 4.34. The minimum Gasteiger partial charge on any atom is -0.252 e. The molecular formula is C19H16ClN. The van der Waals surface area contributed by atoms with E-state index in [2.05, 4.69) is 23.0 Å². The van der Waals surface area contributed by atoms with Crippen molar-refractivity contribution in [2.45, 2.75) is 12.4 Å². The number of hydrogen-bond acceptors (Lipinski definition) is 1. The normalized spacial score (nSPS) is 13.6. The average Bonchev–Trinajstić information content (AvgIpc) is 2.55. The van der Waals surface area contributed by atoms with Crippen molar-refractivity contribution in [2.24, 2.45) is 4.99 Å². The van der Waals surface area contributed by atoms with Gasteiger partial charge in [0.1, 0.15) is 0 Å². The highest BCUT2D eigenvalue weighted by Gasteiger charge is 2.05. The number of aliphatic imine (C=N–C) groups is 1. The molecule has 0 bridgehead atoms. The number of benzene rings is 2. The quantitative estimate of drug-likeness (QED) is 0.333. The molecule has 0 aliphatic heterocycles. The molecular weight excluding hydrogens is 278 g/mol. The Labute approximate surface area is 131 Å². The fourth-order valence-electron chi connectivity index (χ4n) is 1.95. The summed E-state index contributed by atoms with van der Waals surface area (Å²) in [7, 11) is 0. The van der Waals surface area contributed by atoms with E-state index in [1.165, 1.54) is 0 Å². The van der Waals surface area contributed by atoms with Gasteiger partial charge >= 0.3 is 0 Å². The molecule has 0 N–H and O–H groups in total. The molecule has 1 unspecified atom stereocenters. The number of nitrogens with zero attached hydrogens (tertiary/aromatic N) is 1. The molecule has 0 radical (unpaired) electrons. The highest BCUT2D eigenvalue weighted by molar-refractivity contribution is 6.24. The Morgan fingerprint density at radius 1 is 1.05 bits per heavy atom. The Morgan fingerprint density at radius 3 is 2.10 bits per heavy atom. The SMILES string of the molecule is C#CC(Cl)/N=C(\C=C(/C)c1ccccc1)c1ccccc1. The lowest BCUT2D eigenvalue weighted by Gasteiger charge is -2.06. The molecule has 0 saturated carbocycles. The highest BCUT2D eigenvalue weighted by Crippen LogP contribution is 2.16. The fourth-order valence-corrected chi connectivity index (χ4v) is 2.06. The van der Waals surface area contributed by atoms with Gasteiger partial charge < -0.3 is 0 Å². The Bertz CT molecular complexity index is 679. The summed E-state index contributed by atoms with van der Waals surface area (Å²) >= 11 is 5.99. The maximum absolute atomic E-state index is 5.99. The maximum atomic E-state index is 5.99. The van der Waals surface area contributed by atoms with Crippen LogP contribution < -0.4 is 0 Å². The zero-order valence-corrected chi connectivity index (χ0v) is 12.6. The summed E-state index contributed by atoms with van der Waals surface area (Å²) < 4.78 is 0. The summed E-state index contributed by atoms with van der Waals surface area (Å²) in [5.41, 5.74) is 3.37. The van der Waals surface area contributed by atoms with Gasteiger partial charge in [0.25, 0.3) is 0 Å². The Morgan fingerprint density at radius 2 is 1.57 bits per heavy atom. The van der Waals surface area contributed by atoms with Crippen molar-refractivity contribution in [1.29, 1.82) is 0 Å². The van der Waals surface area contributed by atoms with Crippen LogP contribution in [-0.4, -0.2) is 11.2 Å². The van der Waals surface area contributed by atoms with Gasteiger partial charge in [-0.15, -0.1) is 6.42 Å². The summed E-state index contributed by atoms with van der Waals surface area (Å²) in [6.45, 7) is 2.05. The van der Waals surface area contributed by atoms with Gasteiger partial charge in [-0.2, -0.15) is 0 Å². The van der Waals surface area contributed by atoms with E-state index in [1.807, 2.05) is 61.5 Å². The van der Waals surface area contributed by atoms with E-state index >= 15 is 0 Å². The number of allylic oxidation sites excluding steroid dienone is 2. The van der Waals surface area contributed by atoms with Crippen LogP contribution in [0.3, 0.4) is 0 Å². The van der Waals surface area contributed by atoms with Crippen molar-refractivity contribution in [3.8, 4) is 12.3 Å². The number of rotatable bonds is 4. The van der Waals surface area contributed by atoms with Crippen molar-refractivity contribution in [3.63, 3.8) is 0 Å². The van der Waals surface area contributed by atoms with Crippen molar-refractivity contribution >= 4 is 22.9 Å². The van der Waals surface area contributed by atoms with Gasteiger partial charge in [0.2, 0.25) is 0 Å². The van der Waals surface area contributed by atoms with E-state index in [1.54, 1.807) is 0 Å². The van der Waals surface area contributed by atoms with Gasteiger partial charge in [0.15, 0.2) is 5.50 Å². The second-order valence-electron chi connectivity index (χ2n) is 4.58. The van der Waals surface area contributed by atoms with Crippen molar-refractivity contribution in [2.75, 3.05) is 0 Å². The first-order valence-corrected chi connectivity index (χ1v) is 7.11. The van der Waals surface area contributed by atoms with Gasteiger partial charge in [0.05, 0.1) is 5.71 Å². The van der Waals surface area contributed by atoms with Crippen molar-refractivity contribution < 1.29 is 0 Å². The molecule has 0 saturated heterocycles.